The summed E-state index contributed by atoms with van der Waals surface area (Å²) in [4.78, 5) is 14.4. The fourth-order valence-corrected chi connectivity index (χ4v) is 4.00. The molecule has 0 atom stereocenters. The highest BCUT2D eigenvalue weighted by Crippen LogP contribution is 2.32. The summed E-state index contributed by atoms with van der Waals surface area (Å²) in [5, 5.41) is 0. The van der Waals surface area contributed by atoms with Crippen LogP contribution in [0.4, 0.5) is 10.1 Å². The molecule has 0 saturated heterocycles. The maximum Gasteiger partial charge on any atom is 0.251 e. The number of carbonyl (C=O) groups excluding carboxylic acids is 1. The first kappa shape index (κ1) is 19.3. The molecule has 0 fully saturated rings. The van der Waals surface area contributed by atoms with Crippen LogP contribution in [0.15, 0.2) is 53.4 Å². The van der Waals surface area contributed by atoms with Crippen molar-refractivity contribution in [2.24, 2.45) is 0 Å². The average molecular weight is 388 g/mol. The molecule has 1 aliphatic heterocycles. The van der Waals surface area contributed by atoms with Crippen molar-refractivity contribution in [2.75, 3.05) is 25.5 Å². The monoisotopic (exact) mass is 388 g/mol. The summed E-state index contributed by atoms with van der Waals surface area (Å²) in [7, 11) is -0.660. The maximum absolute atomic E-state index is 13.9. The first-order valence-electron chi connectivity index (χ1n) is 8.52. The molecule has 5 nitrogen and oxygen atoms in total. The summed E-state index contributed by atoms with van der Waals surface area (Å²) in [6, 6.07) is 11.1. The third-order valence-corrected chi connectivity index (χ3v) is 6.45. The number of sulfonamides is 1. The molecule has 2 aromatic rings. The summed E-state index contributed by atoms with van der Waals surface area (Å²) < 4.78 is 39.8. The van der Waals surface area contributed by atoms with Crippen LogP contribution >= 0.6 is 0 Å². The number of halogens is 1. The van der Waals surface area contributed by atoms with E-state index in [0.29, 0.717) is 29.8 Å². The molecular weight excluding hydrogens is 367 g/mol. The van der Waals surface area contributed by atoms with Crippen molar-refractivity contribution in [1.29, 1.82) is 0 Å². The molecule has 2 aromatic carbocycles. The third-order valence-electron chi connectivity index (χ3n) is 4.64. The van der Waals surface area contributed by atoms with Crippen molar-refractivity contribution in [3.63, 3.8) is 0 Å². The van der Waals surface area contributed by atoms with Crippen LogP contribution in [0.1, 0.15) is 18.1 Å². The zero-order valence-electron chi connectivity index (χ0n) is 15.4. The van der Waals surface area contributed by atoms with Gasteiger partial charge >= 0.3 is 0 Å². The van der Waals surface area contributed by atoms with Gasteiger partial charge < -0.3 is 4.90 Å². The predicted molar refractivity (Wildman–Crippen MR) is 103 cm³/mol. The molecule has 142 valence electrons. The summed E-state index contributed by atoms with van der Waals surface area (Å²) in [6.45, 7) is 2.14. The minimum atomic E-state index is -3.59. The van der Waals surface area contributed by atoms with E-state index in [1.807, 2.05) is 0 Å². The van der Waals surface area contributed by atoms with Gasteiger partial charge in [-0.15, -0.1) is 0 Å². The molecule has 7 heteroatoms. The second-order valence-electron chi connectivity index (χ2n) is 6.63. The van der Waals surface area contributed by atoms with E-state index in [1.54, 1.807) is 37.3 Å². The Morgan fingerprint density at radius 2 is 1.89 bits per heavy atom. The molecule has 0 spiro atoms. The van der Waals surface area contributed by atoms with Gasteiger partial charge in [-0.25, -0.2) is 17.1 Å². The van der Waals surface area contributed by atoms with Crippen LogP contribution < -0.4 is 4.90 Å². The highest BCUT2D eigenvalue weighted by Gasteiger charge is 2.27. The van der Waals surface area contributed by atoms with Gasteiger partial charge in [-0.05, 0) is 42.7 Å². The molecule has 0 radical (unpaired) electrons. The van der Waals surface area contributed by atoms with Gasteiger partial charge in [0.2, 0.25) is 10.0 Å². The Morgan fingerprint density at radius 3 is 2.56 bits per heavy atom. The molecule has 0 N–H and O–H groups in total. The van der Waals surface area contributed by atoms with E-state index in [4.69, 9.17) is 0 Å². The summed E-state index contributed by atoms with van der Waals surface area (Å²) in [5.41, 5.74) is 2.39. The lowest BCUT2D eigenvalue weighted by molar-refractivity contribution is -0.114. The SMILES string of the molecule is C/C(=C/C(=O)N1CCc2ccc(S(=O)(=O)N(C)C)cc21)c1ccccc1F. The van der Waals surface area contributed by atoms with E-state index in [2.05, 4.69) is 0 Å². The van der Waals surface area contributed by atoms with E-state index in [9.17, 15) is 17.6 Å². The first-order valence-corrected chi connectivity index (χ1v) is 9.96. The number of amides is 1. The lowest BCUT2D eigenvalue weighted by Gasteiger charge is -2.18. The van der Waals surface area contributed by atoms with Crippen LogP contribution in [0.2, 0.25) is 0 Å². The first-order chi connectivity index (χ1) is 12.7. The Bertz CT molecular complexity index is 1030. The number of fused-ring (bicyclic) bond motifs is 1. The van der Waals surface area contributed by atoms with Crippen molar-refractivity contribution in [2.45, 2.75) is 18.2 Å². The molecule has 0 aromatic heterocycles. The minimum Gasteiger partial charge on any atom is -0.308 e. The molecule has 27 heavy (non-hydrogen) atoms. The van der Waals surface area contributed by atoms with Gasteiger partial charge in [0.25, 0.3) is 5.91 Å². The number of rotatable bonds is 4. The number of hydrogen-bond donors (Lipinski definition) is 0. The molecule has 1 aliphatic rings. The number of benzene rings is 2. The van der Waals surface area contributed by atoms with E-state index in [1.165, 1.54) is 37.2 Å². The van der Waals surface area contributed by atoms with Crippen LogP contribution in [0.3, 0.4) is 0 Å². The second-order valence-corrected chi connectivity index (χ2v) is 8.78. The predicted octanol–water partition coefficient (Wildman–Crippen LogP) is 3.07. The second kappa shape index (κ2) is 7.25. The molecule has 0 unspecified atom stereocenters. The number of nitrogens with zero attached hydrogens (tertiary/aromatic N) is 2. The lowest BCUT2D eigenvalue weighted by atomic mass is 10.1. The standard InChI is InChI=1S/C20H21FN2O3S/c1-14(17-6-4-5-7-18(17)21)12-20(24)23-11-10-15-8-9-16(13-19(15)23)27(25,26)22(2)3/h4-9,12-13H,10-11H2,1-3H3/b14-12-. The molecule has 0 saturated carbocycles. The van der Waals surface area contributed by atoms with Crippen molar-refractivity contribution in [1.82, 2.24) is 4.31 Å². The van der Waals surface area contributed by atoms with Gasteiger partial charge in [-0.3, -0.25) is 4.79 Å². The van der Waals surface area contributed by atoms with Crippen molar-refractivity contribution in [3.8, 4) is 0 Å². The fourth-order valence-electron chi connectivity index (χ4n) is 3.08. The van der Waals surface area contributed by atoms with Gasteiger partial charge in [0, 0.05) is 38.0 Å². The van der Waals surface area contributed by atoms with E-state index in [0.717, 1.165) is 9.87 Å². The van der Waals surface area contributed by atoms with Crippen molar-refractivity contribution >= 4 is 27.2 Å². The van der Waals surface area contributed by atoms with Crippen LogP contribution in [-0.2, 0) is 21.2 Å². The lowest BCUT2D eigenvalue weighted by Crippen LogP contribution is -2.27. The smallest absolute Gasteiger partial charge is 0.251 e. The van der Waals surface area contributed by atoms with E-state index in [-0.39, 0.29) is 16.6 Å². The molecule has 1 heterocycles. The molecular formula is C20H21FN2O3S. The summed E-state index contributed by atoms with van der Waals surface area (Å²) >= 11 is 0. The Balaban J connectivity index is 1.94. The van der Waals surface area contributed by atoms with Crippen molar-refractivity contribution in [3.05, 3.63) is 65.5 Å². The van der Waals surface area contributed by atoms with Gasteiger partial charge in [-0.2, -0.15) is 0 Å². The molecule has 0 aliphatic carbocycles. The minimum absolute atomic E-state index is 0.140. The normalized spacial score (nSPS) is 14.6. The highest BCUT2D eigenvalue weighted by molar-refractivity contribution is 7.89. The summed E-state index contributed by atoms with van der Waals surface area (Å²) in [5.74, 6) is -0.686. The van der Waals surface area contributed by atoms with Crippen LogP contribution in [0, 0.1) is 5.82 Å². The fraction of sp³-hybridized carbons (Fsp3) is 0.250. The topological polar surface area (TPSA) is 57.7 Å². The maximum atomic E-state index is 13.9. The Morgan fingerprint density at radius 1 is 1.19 bits per heavy atom. The number of carbonyl (C=O) groups is 1. The zero-order valence-corrected chi connectivity index (χ0v) is 16.3. The number of hydrogen-bond acceptors (Lipinski definition) is 3. The zero-order chi connectivity index (χ0) is 19.8. The Kier molecular flexibility index (Phi) is 5.17. The van der Waals surface area contributed by atoms with E-state index < -0.39 is 10.0 Å². The van der Waals surface area contributed by atoms with Crippen LogP contribution in [-0.4, -0.2) is 39.3 Å². The third kappa shape index (κ3) is 3.65. The van der Waals surface area contributed by atoms with Crippen molar-refractivity contribution < 1.29 is 17.6 Å². The Labute approximate surface area is 158 Å². The van der Waals surface area contributed by atoms with Gasteiger partial charge in [-0.1, -0.05) is 24.3 Å². The number of allylic oxidation sites excluding steroid dienone is 1. The van der Waals surface area contributed by atoms with Gasteiger partial charge in [0.15, 0.2) is 0 Å². The van der Waals surface area contributed by atoms with Gasteiger partial charge in [0.05, 0.1) is 4.90 Å². The molecule has 0 bridgehead atoms. The highest BCUT2D eigenvalue weighted by atomic mass is 32.2. The number of anilines is 1. The molecule has 1 amide bonds. The quantitative estimate of drug-likeness (QED) is 0.757. The van der Waals surface area contributed by atoms with Gasteiger partial charge in [0.1, 0.15) is 5.82 Å². The molecule has 3 rings (SSSR count). The largest absolute Gasteiger partial charge is 0.308 e. The average Bonchev–Trinajstić information content (AvgIpc) is 3.05. The Hall–Kier alpha value is -2.51. The summed E-state index contributed by atoms with van der Waals surface area (Å²) in [6.07, 6.45) is 2.04. The van der Waals surface area contributed by atoms with Crippen LogP contribution in [0.5, 0.6) is 0 Å². The van der Waals surface area contributed by atoms with E-state index >= 15 is 0 Å². The van der Waals surface area contributed by atoms with Crippen LogP contribution in [0.25, 0.3) is 5.57 Å².